The molecule has 0 bridgehead atoms. The highest BCUT2D eigenvalue weighted by atomic mass is 16.5. The maximum Gasteiger partial charge on any atom is 0.276 e. The summed E-state index contributed by atoms with van der Waals surface area (Å²) >= 11 is 0. The number of aromatic nitrogens is 2. The monoisotopic (exact) mass is 393 g/mol. The molecule has 1 aliphatic heterocycles. The first kappa shape index (κ1) is 18.9. The van der Waals surface area contributed by atoms with Gasteiger partial charge < -0.3 is 20.7 Å². The number of amides is 2. The Bertz CT molecular complexity index is 1070. The smallest absolute Gasteiger partial charge is 0.276 e. The molecule has 0 atom stereocenters. The fourth-order valence-corrected chi connectivity index (χ4v) is 3.51. The van der Waals surface area contributed by atoms with Crippen molar-refractivity contribution in [3.63, 3.8) is 0 Å². The van der Waals surface area contributed by atoms with Crippen molar-refractivity contribution in [3.8, 4) is 5.75 Å². The first-order valence-corrected chi connectivity index (χ1v) is 9.58. The number of benzene rings is 2. The Morgan fingerprint density at radius 1 is 1.28 bits per heavy atom. The molecule has 2 aromatic carbocycles. The highest BCUT2D eigenvalue weighted by Gasteiger charge is 2.24. The Morgan fingerprint density at radius 3 is 2.93 bits per heavy atom. The molecule has 1 aliphatic rings. The lowest BCUT2D eigenvalue weighted by atomic mass is 10.1. The number of nitrogens with two attached hydrogens (primary N) is 1. The van der Waals surface area contributed by atoms with E-state index in [0.717, 1.165) is 17.3 Å². The average molecular weight is 393 g/mol. The number of carbonyl (C=O) groups excluding carboxylic acids is 2. The van der Waals surface area contributed by atoms with Crippen molar-refractivity contribution >= 4 is 28.4 Å². The van der Waals surface area contributed by atoms with Crippen molar-refractivity contribution < 1.29 is 14.3 Å². The minimum atomic E-state index is -0.330. The van der Waals surface area contributed by atoms with Gasteiger partial charge in [-0.05, 0) is 37.2 Å². The van der Waals surface area contributed by atoms with Gasteiger partial charge in [0.2, 0.25) is 0 Å². The van der Waals surface area contributed by atoms with E-state index in [2.05, 4.69) is 10.4 Å². The fourth-order valence-electron chi connectivity index (χ4n) is 3.51. The van der Waals surface area contributed by atoms with Crippen molar-refractivity contribution in [1.82, 2.24) is 14.7 Å². The third kappa shape index (κ3) is 3.66. The molecule has 1 aromatic heterocycles. The molecular weight excluding hydrogens is 370 g/mol. The number of nitrogens with one attached hydrogen (secondary N) is 1. The molecule has 0 unspecified atom stereocenters. The van der Waals surface area contributed by atoms with Gasteiger partial charge in [-0.25, -0.2) is 0 Å². The second kappa shape index (κ2) is 7.92. The van der Waals surface area contributed by atoms with Gasteiger partial charge in [-0.3, -0.25) is 14.3 Å². The number of rotatable bonds is 5. The fraction of sp³-hybridized carbons (Fsp3) is 0.286. The number of aryl methyl sites for hydroxylation is 1. The van der Waals surface area contributed by atoms with Crippen molar-refractivity contribution in [2.24, 2.45) is 12.8 Å². The summed E-state index contributed by atoms with van der Waals surface area (Å²) in [5.41, 5.74) is 7.74. The Hall–Kier alpha value is -3.39. The molecule has 0 spiro atoms. The van der Waals surface area contributed by atoms with Crippen LogP contribution in [0.2, 0.25) is 0 Å². The van der Waals surface area contributed by atoms with Crippen molar-refractivity contribution in [1.29, 1.82) is 0 Å². The van der Waals surface area contributed by atoms with E-state index in [1.165, 1.54) is 0 Å². The summed E-state index contributed by atoms with van der Waals surface area (Å²) in [5, 5.41) is 7.97. The maximum absolute atomic E-state index is 12.9. The first-order chi connectivity index (χ1) is 14.1. The van der Waals surface area contributed by atoms with E-state index >= 15 is 0 Å². The van der Waals surface area contributed by atoms with Crippen molar-refractivity contribution in [3.05, 3.63) is 53.7 Å². The van der Waals surface area contributed by atoms with Gasteiger partial charge in [-0.2, -0.15) is 5.10 Å². The molecule has 0 saturated carbocycles. The van der Waals surface area contributed by atoms with Crippen molar-refractivity contribution in [2.75, 3.05) is 31.6 Å². The highest BCUT2D eigenvalue weighted by molar-refractivity contribution is 6.11. The summed E-state index contributed by atoms with van der Waals surface area (Å²) in [6.45, 7) is 2.03. The summed E-state index contributed by atoms with van der Waals surface area (Å²) in [4.78, 5) is 27.5. The molecular formula is C21H23N5O3. The SMILES string of the molecule is Cn1nc(C(=O)Nc2ccc3c(c2)C(=O)N(CCCN)CCO3)c2ccccc21. The first-order valence-electron chi connectivity index (χ1n) is 9.58. The van der Waals surface area contributed by atoms with Crippen LogP contribution < -0.4 is 15.8 Å². The average Bonchev–Trinajstić information content (AvgIpc) is 2.99. The number of nitrogens with zero attached hydrogens (tertiary/aromatic N) is 3. The number of anilines is 1. The van der Waals surface area contributed by atoms with Gasteiger partial charge in [0.15, 0.2) is 5.69 Å². The van der Waals surface area contributed by atoms with E-state index < -0.39 is 0 Å². The molecule has 2 amide bonds. The van der Waals surface area contributed by atoms with E-state index in [1.807, 2.05) is 24.3 Å². The molecule has 0 aliphatic carbocycles. The Kier molecular flexibility index (Phi) is 5.18. The molecule has 3 aromatic rings. The van der Waals surface area contributed by atoms with Crippen LogP contribution in [0.5, 0.6) is 5.75 Å². The Labute approximate surface area is 168 Å². The maximum atomic E-state index is 12.9. The van der Waals surface area contributed by atoms with Gasteiger partial charge >= 0.3 is 0 Å². The summed E-state index contributed by atoms with van der Waals surface area (Å²) in [6.07, 6.45) is 0.726. The summed E-state index contributed by atoms with van der Waals surface area (Å²) < 4.78 is 7.39. The van der Waals surface area contributed by atoms with Crippen LogP contribution >= 0.6 is 0 Å². The van der Waals surface area contributed by atoms with Crippen LogP contribution in [-0.4, -0.2) is 52.7 Å². The molecule has 4 rings (SSSR count). The zero-order valence-electron chi connectivity index (χ0n) is 16.2. The van der Waals surface area contributed by atoms with E-state index in [-0.39, 0.29) is 11.8 Å². The zero-order valence-corrected chi connectivity index (χ0v) is 16.2. The standard InChI is InChI=1S/C21H23N5O3/c1-25-17-6-3-2-5-15(17)19(24-25)20(27)23-14-7-8-18-16(13-14)21(28)26(10-4-9-22)11-12-29-18/h2-3,5-8,13H,4,9-12,22H2,1H3,(H,23,27). The molecule has 0 fully saturated rings. The minimum absolute atomic E-state index is 0.120. The van der Waals surface area contributed by atoms with Crippen molar-refractivity contribution in [2.45, 2.75) is 6.42 Å². The summed E-state index contributed by atoms with van der Waals surface area (Å²) in [7, 11) is 1.80. The topological polar surface area (TPSA) is 102 Å². The van der Waals surface area contributed by atoms with E-state index in [0.29, 0.717) is 48.9 Å². The van der Waals surface area contributed by atoms with E-state index in [1.54, 1.807) is 34.8 Å². The van der Waals surface area contributed by atoms with Crippen LogP contribution in [-0.2, 0) is 7.05 Å². The number of para-hydroxylation sites is 1. The molecule has 0 saturated heterocycles. The van der Waals surface area contributed by atoms with Crippen LogP contribution in [0.25, 0.3) is 10.9 Å². The summed E-state index contributed by atoms with van der Waals surface area (Å²) in [6, 6.07) is 12.6. The van der Waals surface area contributed by atoms with Crippen LogP contribution in [0.1, 0.15) is 27.3 Å². The molecule has 0 radical (unpaired) electrons. The lowest BCUT2D eigenvalue weighted by molar-refractivity contribution is 0.0754. The van der Waals surface area contributed by atoms with Crippen LogP contribution in [0.15, 0.2) is 42.5 Å². The molecule has 2 heterocycles. The van der Waals surface area contributed by atoms with Gasteiger partial charge in [0.05, 0.1) is 17.6 Å². The van der Waals surface area contributed by atoms with E-state index in [4.69, 9.17) is 10.5 Å². The third-order valence-corrected chi connectivity index (χ3v) is 4.98. The van der Waals surface area contributed by atoms with Crippen LogP contribution in [0.3, 0.4) is 0 Å². The second-order valence-electron chi connectivity index (χ2n) is 6.94. The number of fused-ring (bicyclic) bond motifs is 2. The molecule has 29 heavy (non-hydrogen) atoms. The second-order valence-corrected chi connectivity index (χ2v) is 6.94. The summed E-state index contributed by atoms with van der Waals surface area (Å²) in [5.74, 6) is 0.0700. The number of hydrogen-bond donors (Lipinski definition) is 2. The lowest BCUT2D eigenvalue weighted by Crippen LogP contribution is -2.34. The van der Waals surface area contributed by atoms with Gasteiger partial charge in [-0.15, -0.1) is 0 Å². The predicted molar refractivity (Wildman–Crippen MR) is 110 cm³/mol. The molecule has 3 N–H and O–H groups in total. The predicted octanol–water partition coefficient (Wildman–Crippen LogP) is 2.01. The Balaban J connectivity index is 1.60. The third-order valence-electron chi connectivity index (χ3n) is 4.98. The highest BCUT2D eigenvalue weighted by Crippen LogP contribution is 2.27. The number of ether oxygens (including phenoxy) is 1. The molecule has 150 valence electrons. The molecule has 8 nitrogen and oxygen atoms in total. The lowest BCUT2D eigenvalue weighted by Gasteiger charge is -2.19. The van der Waals surface area contributed by atoms with Gasteiger partial charge in [-0.1, -0.05) is 18.2 Å². The van der Waals surface area contributed by atoms with Gasteiger partial charge in [0.25, 0.3) is 11.8 Å². The van der Waals surface area contributed by atoms with E-state index in [9.17, 15) is 9.59 Å². The number of hydrogen-bond acceptors (Lipinski definition) is 5. The van der Waals surface area contributed by atoms with Gasteiger partial charge in [0, 0.05) is 24.7 Å². The molecule has 8 heteroatoms. The van der Waals surface area contributed by atoms with Gasteiger partial charge in [0.1, 0.15) is 12.4 Å². The number of carbonyl (C=O) groups is 2. The Morgan fingerprint density at radius 2 is 2.10 bits per heavy atom. The quantitative estimate of drug-likeness (QED) is 0.690. The van der Waals surface area contributed by atoms with Crippen LogP contribution in [0.4, 0.5) is 5.69 Å². The minimum Gasteiger partial charge on any atom is -0.491 e. The van der Waals surface area contributed by atoms with Crippen LogP contribution in [0, 0.1) is 0 Å². The zero-order chi connectivity index (χ0) is 20.4. The normalized spacial score (nSPS) is 13.7. The largest absolute Gasteiger partial charge is 0.491 e.